The van der Waals surface area contributed by atoms with E-state index in [1.54, 1.807) is 4.90 Å². The summed E-state index contributed by atoms with van der Waals surface area (Å²) in [6.45, 7) is 7.76. The fourth-order valence-electron chi connectivity index (χ4n) is 2.22. The molecule has 3 N–H and O–H groups in total. The fourth-order valence-corrected chi connectivity index (χ4v) is 2.22. The molecule has 17 heavy (non-hydrogen) atoms. The zero-order valence-corrected chi connectivity index (χ0v) is 10.7. The maximum atomic E-state index is 12.4. The molecule has 0 radical (unpaired) electrons. The fraction of sp³-hybridized carbons (Fsp3) is 0.462. The Morgan fingerprint density at radius 1 is 1.35 bits per heavy atom. The van der Waals surface area contributed by atoms with Crippen molar-refractivity contribution in [2.75, 3.05) is 16.0 Å². The van der Waals surface area contributed by atoms with Crippen molar-refractivity contribution < 1.29 is 4.79 Å². The van der Waals surface area contributed by atoms with Gasteiger partial charge in [0.15, 0.2) is 0 Å². The van der Waals surface area contributed by atoms with E-state index in [2.05, 4.69) is 5.32 Å². The average molecular weight is 233 g/mol. The Bertz CT molecular complexity index is 466. The van der Waals surface area contributed by atoms with E-state index in [4.69, 9.17) is 5.73 Å². The SMILES string of the molecule is CC(C)N1C(=O)C(C)(C)Nc2cccc(N)c21. The Morgan fingerprint density at radius 2 is 2.00 bits per heavy atom. The van der Waals surface area contributed by atoms with Gasteiger partial charge in [0.05, 0.1) is 17.1 Å². The molecule has 0 aromatic heterocycles. The van der Waals surface area contributed by atoms with Gasteiger partial charge in [-0.2, -0.15) is 0 Å². The summed E-state index contributed by atoms with van der Waals surface area (Å²) in [5, 5.41) is 3.24. The van der Waals surface area contributed by atoms with Crippen LogP contribution in [-0.2, 0) is 4.79 Å². The van der Waals surface area contributed by atoms with Crippen molar-refractivity contribution in [1.29, 1.82) is 0 Å². The molecule has 4 heteroatoms. The third-order valence-corrected chi connectivity index (χ3v) is 3.03. The van der Waals surface area contributed by atoms with E-state index in [1.807, 2.05) is 45.9 Å². The minimum Gasteiger partial charge on any atom is -0.397 e. The third kappa shape index (κ3) is 1.73. The molecule has 0 saturated heterocycles. The second kappa shape index (κ2) is 3.65. The van der Waals surface area contributed by atoms with Crippen LogP contribution in [0.25, 0.3) is 0 Å². The lowest BCUT2D eigenvalue weighted by Crippen LogP contribution is -2.56. The maximum Gasteiger partial charge on any atom is 0.252 e. The number of nitrogens with one attached hydrogen (secondary N) is 1. The number of nitrogen functional groups attached to an aromatic ring is 1. The highest BCUT2D eigenvalue weighted by atomic mass is 16.2. The Morgan fingerprint density at radius 3 is 2.59 bits per heavy atom. The molecule has 2 rings (SSSR count). The molecule has 0 unspecified atom stereocenters. The van der Waals surface area contributed by atoms with Crippen molar-refractivity contribution in [2.24, 2.45) is 0 Å². The van der Waals surface area contributed by atoms with Gasteiger partial charge in [0.2, 0.25) is 0 Å². The highest BCUT2D eigenvalue weighted by Gasteiger charge is 2.40. The van der Waals surface area contributed by atoms with E-state index >= 15 is 0 Å². The number of nitrogens with zero attached hydrogens (tertiary/aromatic N) is 1. The predicted molar refractivity (Wildman–Crippen MR) is 71.2 cm³/mol. The summed E-state index contributed by atoms with van der Waals surface area (Å²) in [6.07, 6.45) is 0. The van der Waals surface area contributed by atoms with Crippen LogP contribution in [0, 0.1) is 0 Å². The molecule has 92 valence electrons. The van der Waals surface area contributed by atoms with E-state index in [0.29, 0.717) is 5.69 Å². The summed E-state index contributed by atoms with van der Waals surface area (Å²) < 4.78 is 0. The molecule has 1 aromatic rings. The topological polar surface area (TPSA) is 58.4 Å². The number of rotatable bonds is 1. The van der Waals surface area contributed by atoms with Crippen LogP contribution in [0.5, 0.6) is 0 Å². The molecule has 0 spiro atoms. The van der Waals surface area contributed by atoms with Crippen molar-refractivity contribution >= 4 is 23.0 Å². The van der Waals surface area contributed by atoms with E-state index in [-0.39, 0.29) is 11.9 Å². The van der Waals surface area contributed by atoms with Gasteiger partial charge in [-0.3, -0.25) is 4.79 Å². The molecule has 1 aliphatic rings. The second-order valence-electron chi connectivity index (χ2n) is 5.26. The molecule has 1 amide bonds. The standard InChI is InChI=1S/C13H19N3O/c1-8(2)16-11-9(14)6-5-7-10(11)15-13(3,4)12(16)17/h5-8,15H,14H2,1-4H3. The molecule has 0 atom stereocenters. The molecular formula is C13H19N3O. The van der Waals surface area contributed by atoms with Crippen LogP contribution in [0.4, 0.5) is 17.1 Å². The lowest BCUT2D eigenvalue weighted by molar-refractivity contribution is -0.122. The Kier molecular flexibility index (Phi) is 2.53. The van der Waals surface area contributed by atoms with Crippen LogP contribution in [0.1, 0.15) is 27.7 Å². The quantitative estimate of drug-likeness (QED) is 0.731. The number of carbonyl (C=O) groups is 1. The summed E-state index contributed by atoms with van der Waals surface area (Å²) in [6, 6.07) is 5.76. The molecular weight excluding hydrogens is 214 g/mol. The number of fused-ring (bicyclic) bond motifs is 1. The summed E-state index contributed by atoms with van der Waals surface area (Å²) in [5.41, 5.74) is 7.74. The number of hydrogen-bond donors (Lipinski definition) is 2. The van der Waals surface area contributed by atoms with Gasteiger partial charge < -0.3 is 16.0 Å². The molecule has 0 bridgehead atoms. The van der Waals surface area contributed by atoms with Crippen molar-refractivity contribution in [3.63, 3.8) is 0 Å². The van der Waals surface area contributed by atoms with Gasteiger partial charge in [-0.25, -0.2) is 0 Å². The van der Waals surface area contributed by atoms with Crippen molar-refractivity contribution in [1.82, 2.24) is 0 Å². The van der Waals surface area contributed by atoms with Crippen LogP contribution < -0.4 is 16.0 Å². The first-order valence-electron chi connectivity index (χ1n) is 5.85. The number of para-hydroxylation sites is 1. The summed E-state index contributed by atoms with van der Waals surface area (Å²) in [7, 11) is 0. The van der Waals surface area contributed by atoms with Gasteiger partial charge in [-0.1, -0.05) is 6.07 Å². The monoisotopic (exact) mass is 233 g/mol. The normalized spacial score (nSPS) is 17.9. The molecule has 1 aliphatic heterocycles. The van der Waals surface area contributed by atoms with E-state index in [9.17, 15) is 4.79 Å². The maximum absolute atomic E-state index is 12.4. The molecule has 0 fully saturated rings. The Hall–Kier alpha value is -1.71. The lowest BCUT2D eigenvalue weighted by Gasteiger charge is -2.42. The molecule has 0 saturated carbocycles. The van der Waals surface area contributed by atoms with E-state index in [0.717, 1.165) is 11.4 Å². The van der Waals surface area contributed by atoms with Crippen LogP contribution in [0.3, 0.4) is 0 Å². The number of carbonyl (C=O) groups excluding carboxylic acids is 1. The first-order chi connectivity index (χ1) is 7.84. The van der Waals surface area contributed by atoms with Gasteiger partial charge in [-0.05, 0) is 39.8 Å². The molecule has 0 aliphatic carbocycles. The highest BCUT2D eigenvalue weighted by molar-refractivity contribution is 6.10. The number of benzene rings is 1. The first-order valence-corrected chi connectivity index (χ1v) is 5.85. The molecule has 4 nitrogen and oxygen atoms in total. The van der Waals surface area contributed by atoms with Gasteiger partial charge in [0.1, 0.15) is 5.54 Å². The molecule has 1 heterocycles. The van der Waals surface area contributed by atoms with Gasteiger partial charge >= 0.3 is 0 Å². The van der Waals surface area contributed by atoms with E-state index < -0.39 is 5.54 Å². The Balaban J connectivity index is 2.64. The number of nitrogens with two attached hydrogens (primary N) is 1. The van der Waals surface area contributed by atoms with Gasteiger partial charge in [0.25, 0.3) is 5.91 Å². The third-order valence-electron chi connectivity index (χ3n) is 3.03. The summed E-state index contributed by atoms with van der Waals surface area (Å²) in [4.78, 5) is 14.2. The van der Waals surface area contributed by atoms with Crippen LogP contribution >= 0.6 is 0 Å². The Labute approximate surface area is 102 Å². The summed E-state index contributed by atoms with van der Waals surface area (Å²) in [5.74, 6) is 0.0536. The number of amides is 1. The number of hydrogen-bond acceptors (Lipinski definition) is 3. The second-order valence-corrected chi connectivity index (χ2v) is 5.26. The van der Waals surface area contributed by atoms with Crippen molar-refractivity contribution in [3.05, 3.63) is 18.2 Å². The lowest BCUT2D eigenvalue weighted by atomic mass is 9.96. The minimum atomic E-state index is -0.592. The zero-order valence-electron chi connectivity index (χ0n) is 10.7. The summed E-state index contributed by atoms with van der Waals surface area (Å²) >= 11 is 0. The minimum absolute atomic E-state index is 0.0536. The predicted octanol–water partition coefficient (Wildman–Crippen LogP) is 2.21. The van der Waals surface area contributed by atoms with Gasteiger partial charge in [-0.15, -0.1) is 0 Å². The smallest absolute Gasteiger partial charge is 0.252 e. The van der Waals surface area contributed by atoms with Crippen molar-refractivity contribution in [2.45, 2.75) is 39.3 Å². The van der Waals surface area contributed by atoms with Crippen LogP contribution in [-0.4, -0.2) is 17.5 Å². The van der Waals surface area contributed by atoms with Gasteiger partial charge in [0, 0.05) is 6.04 Å². The first kappa shape index (κ1) is 11.8. The molecule has 1 aromatic carbocycles. The number of anilines is 3. The van der Waals surface area contributed by atoms with E-state index in [1.165, 1.54) is 0 Å². The van der Waals surface area contributed by atoms with Crippen molar-refractivity contribution in [3.8, 4) is 0 Å². The average Bonchev–Trinajstić information content (AvgIpc) is 2.20. The zero-order chi connectivity index (χ0) is 12.8. The highest BCUT2D eigenvalue weighted by Crippen LogP contribution is 2.40. The largest absolute Gasteiger partial charge is 0.397 e. The van der Waals surface area contributed by atoms with Crippen LogP contribution in [0.15, 0.2) is 18.2 Å². The van der Waals surface area contributed by atoms with Crippen LogP contribution in [0.2, 0.25) is 0 Å².